The molecule has 0 unspecified atom stereocenters. The standard InChI is InChI=1S/C18H38N4O3.HI/c1-8-18(9-2,22-16(23)25-17(4,5)6)14-21-15(19-7)20-12-11-13-24-10-3;/h8-14H2,1-7H3,(H,22,23)(H2,19,20,21);1H. The number of guanidine groups is 1. The average molecular weight is 486 g/mol. The fourth-order valence-electron chi connectivity index (χ4n) is 2.24. The highest BCUT2D eigenvalue weighted by Gasteiger charge is 2.30. The maximum Gasteiger partial charge on any atom is 0.408 e. The fraction of sp³-hybridized carbons (Fsp3) is 0.889. The SMILES string of the molecule is CCOCCCNC(=NC)NCC(CC)(CC)NC(=O)OC(C)(C)C.I. The number of carbonyl (C=O) groups is 1. The Labute approximate surface area is 176 Å². The van der Waals surface area contributed by atoms with Crippen molar-refractivity contribution in [3.63, 3.8) is 0 Å². The summed E-state index contributed by atoms with van der Waals surface area (Å²) in [5.74, 6) is 0.716. The Morgan fingerprint density at radius 2 is 1.69 bits per heavy atom. The van der Waals surface area contributed by atoms with E-state index in [0.717, 1.165) is 39.0 Å². The van der Waals surface area contributed by atoms with Crippen LogP contribution >= 0.6 is 24.0 Å². The molecule has 0 atom stereocenters. The number of ether oxygens (including phenoxy) is 2. The zero-order chi connectivity index (χ0) is 19.3. The number of hydrogen-bond donors (Lipinski definition) is 3. The molecule has 3 N–H and O–H groups in total. The van der Waals surface area contributed by atoms with Gasteiger partial charge in [-0.25, -0.2) is 4.79 Å². The van der Waals surface area contributed by atoms with Gasteiger partial charge in [-0.15, -0.1) is 24.0 Å². The van der Waals surface area contributed by atoms with Crippen LogP contribution in [0.2, 0.25) is 0 Å². The molecule has 7 nitrogen and oxygen atoms in total. The van der Waals surface area contributed by atoms with E-state index in [0.29, 0.717) is 12.5 Å². The smallest absolute Gasteiger partial charge is 0.408 e. The van der Waals surface area contributed by atoms with Crippen molar-refractivity contribution < 1.29 is 14.3 Å². The molecule has 0 aromatic rings. The highest BCUT2D eigenvalue weighted by Crippen LogP contribution is 2.16. The van der Waals surface area contributed by atoms with Crippen LogP contribution in [0.5, 0.6) is 0 Å². The summed E-state index contributed by atoms with van der Waals surface area (Å²) in [5, 5.41) is 9.58. The van der Waals surface area contributed by atoms with Crippen molar-refractivity contribution in [2.24, 2.45) is 4.99 Å². The Bertz CT molecular complexity index is 408. The third-order valence-corrected chi connectivity index (χ3v) is 3.90. The van der Waals surface area contributed by atoms with Crippen molar-refractivity contribution in [3.8, 4) is 0 Å². The van der Waals surface area contributed by atoms with E-state index in [9.17, 15) is 4.79 Å². The molecule has 0 bridgehead atoms. The van der Waals surface area contributed by atoms with Gasteiger partial charge in [0.1, 0.15) is 5.60 Å². The zero-order valence-corrected chi connectivity index (χ0v) is 19.9. The summed E-state index contributed by atoms with van der Waals surface area (Å²) in [7, 11) is 1.73. The van der Waals surface area contributed by atoms with Gasteiger partial charge >= 0.3 is 6.09 Å². The monoisotopic (exact) mass is 486 g/mol. The first-order chi connectivity index (χ1) is 11.7. The lowest BCUT2D eigenvalue weighted by Gasteiger charge is -2.34. The van der Waals surface area contributed by atoms with Gasteiger partial charge in [-0.1, -0.05) is 13.8 Å². The van der Waals surface area contributed by atoms with Gasteiger partial charge in [0, 0.05) is 33.4 Å². The molecule has 0 aromatic carbocycles. The van der Waals surface area contributed by atoms with Gasteiger partial charge in [0.25, 0.3) is 0 Å². The van der Waals surface area contributed by atoms with E-state index < -0.39 is 11.7 Å². The zero-order valence-electron chi connectivity index (χ0n) is 17.5. The molecule has 0 saturated carbocycles. The Morgan fingerprint density at radius 1 is 1.08 bits per heavy atom. The minimum absolute atomic E-state index is 0. The molecule has 156 valence electrons. The van der Waals surface area contributed by atoms with Crippen molar-refractivity contribution in [1.29, 1.82) is 0 Å². The molecule has 0 fully saturated rings. The van der Waals surface area contributed by atoms with E-state index in [-0.39, 0.29) is 29.5 Å². The summed E-state index contributed by atoms with van der Waals surface area (Å²) in [6.45, 7) is 14.5. The van der Waals surface area contributed by atoms with Gasteiger partial charge in [-0.05, 0) is 47.0 Å². The molecule has 0 aromatic heterocycles. The van der Waals surface area contributed by atoms with Crippen molar-refractivity contribution in [1.82, 2.24) is 16.0 Å². The fourth-order valence-corrected chi connectivity index (χ4v) is 2.24. The third kappa shape index (κ3) is 12.6. The molecule has 0 aliphatic heterocycles. The van der Waals surface area contributed by atoms with Crippen molar-refractivity contribution in [3.05, 3.63) is 0 Å². The van der Waals surface area contributed by atoms with E-state index in [1.807, 2.05) is 27.7 Å². The van der Waals surface area contributed by atoms with Gasteiger partial charge in [0.2, 0.25) is 0 Å². The number of halogens is 1. The van der Waals surface area contributed by atoms with Gasteiger partial charge in [0.05, 0.1) is 5.54 Å². The number of carbonyl (C=O) groups excluding carboxylic acids is 1. The average Bonchev–Trinajstić information content (AvgIpc) is 2.54. The van der Waals surface area contributed by atoms with Crippen LogP contribution in [0.25, 0.3) is 0 Å². The predicted molar refractivity (Wildman–Crippen MR) is 119 cm³/mol. The molecule has 0 radical (unpaired) electrons. The summed E-state index contributed by atoms with van der Waals surface area (Å²) in [6, 6.07) is 0. The predicted octanol–water partition coefficient (Wildman–Crippen LogP) is 3.28. The molecule has 1 amide bonds. The summed E-state index contributed by atoms with van der Waals surface area (Å²) in [5.41, 5.74) is -0.895. The van der Waals surface area contributed by atoms with E-state index in [4.69, 9.17) is 9.47 Å². The van der Waals surface area contributed by atoms with Crippen LogP contribution in [0.1, 0.15) is 60.8 Å². The summed E-state index contributed by atoms with van der Waals surface area (Å²) < 4.78 is 10.7. The minimum Gasteiger partial charge on any atom is -0.444 e. The van der Waals surface area contributed by atoms with Crippen LogP contribution in [0.15, 0.2) is 4.99 Å². The lowest BCUT2D eigenvalue weighted by molar-refractivity contribution is 0.0448. The van der Waals surface area contributed by atoms with Crippen molar-refractivity contribution >= 4 is 36.0 Å². The quantitative estimate of drug-likeness (QED) is 0.191. The Kier molecular flexibility index (Phi) is 15.1. The van der Waals surface area contributed by atoms with Crippen LogP contribution in [0.3, 0.4) is 0 Å². The maximum absolute atomic E-state index is 12.2. The molecule has 8 heteroatoms. The molecule has 26 heavy (non-hydrogen) atoms. The van der Waals surface area contributed by atoms with E-state index in [1.54, 1.807) is 7.05 Å². The number of nitrogens with one attached hydrogen (secondary N) is 3. The van der Waals surface area contributed by atoms with Crippen molar-refractivity contribution in [2.45, 2.75) is 71.9 Å². The van der Waals surface area contributed by atoms with Crippen molar-refractivity contribution in [2.75, 3.05) is 33.4 Å². The lowest BCUT2D eigenvalue weighted by atomic mass is 9.93. The third-order valence-electron chi connectivity index (χ3n) is 3.90. The second-order valence-corrected chi connectivity index (χ2v) is 7.02. The second-order valence-electron chi connectivity index (χ2n) is 7.02. The molecular formula is C18H39IN4O3. The first-order valence-corrected chi connectivity index (χ1v) is 9.25. The molecule has 0 heterocycles. The number of nitrogens with zero attached hydrogens (tertiary/aromatic N) is 1. The summed E-state index contributed by atoms with van der Waals surface area (Å²) in [6.07, 6.45) is 2.10. The van der Waals surface area contributed by atoms with E-state index in [1.165, 1.54) is 0 Å². The molecule has 0 spiro atoms. The molecule has 0 aliphatic rings. The van der Waals surface area contributed by atoms with Crippen LogP contribution in [0, 0.1) is 0 Å². The number of aliphatic imine (C=N–C) groups is 1. The first kappa shape index (κ1) is 27.4. The van der Waals surface area contributed by atoms with Gasteiger partial charge in [-0.2, -0.15) is 0 Å². The normalized spacial score (nSPS) is 12.2. The number of amides is 1. The largest absolute Gasteiger partial charge is 0.444 e. The number of alkyl carbamates (subject to hydrolysis) is 1. The van der Waals surface area contributed by atoms with Gasteiger partial charge in [-0.3, -0.25) is 4.99 Å². The van der Waals surface area contributed by atoms with E-state index in [2.05, 4.69) is 34.8 Å². The van der Waals surface area contributed by atoms with Crippen LogP contribution < -0.4 is 16.0 Å². The number of hydrogen-bond acceptors (Lipinski definition) is 4. The molecular weight excluding hydrogens is 447 g/mol. The topological polar surface area (TPSA) is 84.0 Å². The lowest BCUT2D eigenvalue weighted by Crippen LogP contribution is -2.57. The van der Waals surface area contributed by atoms with Crippen LogP contribution in [0.4, 0.5) is 4.79 Å². The molecule has 0 saturated heterocycles. The van der Waals surface area contributed by atoms with Gasteiger partial charge in [0.15, 0.2) is 5.96 Å². The highest BCUT2D eigenvalue weighted by molar-refractivity contribution is 14.0. The Hall–Kier alpha value is -0.770. The highest BCUT2D eigenvalue weighted by atomic mass is 127. The maximum atomic E-state index is 12.2. The Morgan fingerprint density at radius 3 is 2.15 bits per heavy atom. The van der Waals surface area contributed by atoms with Crippen LogP contribution in [-0.4, -0.2) is 56.5 Å². The summed E-state index contributed by atoms with van der Waals surface area (Å²) >= 11 is 0. The minimum atomic E-state index is -0.511. The molecule has 0 aliphatic carbocycles. The number of rotatable bonds is 10. The van der Waals surface area contributed by atoms with Gasteiger partial charge < -0.3 is 25.4 Å². The van der Waals surface area contributed by atoms with E-state index >= 15 is 0 Å². The molecule has 0 rings (SSSR count). The second kappa shape index (κ2) is 14.3. The van der Waals surface area contributed by atoms with Crippen LogP contribution in [-0.2, 0) is 9.47 Å². The first-order valence-electron chi connectivity index (χ1n) is 9.25. The summed E-state index contributed by atoms with van der Waals surface area (Å²) in [4.78, 5) is 16.4. The Balaban J connectivity index is 0.